The van der Waals surface area contributed by atoms with Gasteiger partial charge >= 0.3 is 0 Å². The smallest absolute Gasteiger partial charge is 0.169 e. The minimum absolute atomic E-state index is 0.464. The third-order valence-electron chi connectivity index (χ3n) is 3.67. The first kappa shape index (κ1) is 13.6. The van der Waals surface area contributed by atoms with Gasteiger partial charge in [0.25, 0.3) is 0 Å². The molecule has 2 heterocycles. The molecule has 0 bridgehead atoms. The van der Waals surface area contributed by atoms with Gasteiger partial charge in [0.15, 0.2) is 5.11 Å². The Hall–Kier alpha value is -1.39. The van der Waals surface area contributed by atoms with Crippen LogP contribution in [0.2, 0.25) is 0 Å². The molecule has 1 aromatic heterocycles. The summed E-state index contributed by atoms with van der Waals surface area (Å²) in [6.07, 6.45) is 2.42. The van der Waals surface area contributed by atoms with Crippen molar-refractivity contribution in [3.05, 3.63) is 58.3 Å². The van der Waals surface area contributed by atoms with Gasteiger partial charge in [-0.05, 0) is 42.1 Å². The third-order valence-corrected chi connectivity index (χ3v) is 5.02. The largest absolute Gasteiger partial charge is 0.358 e. The van der Waals surface area contributed by atoms with Crippen LogP contribution < -0.4 is 5.32 Å². The van der Waals surface area contributed by atoms with E-state index >= 15 is 0 Å². The van der Waals surface area contributed by atoms with Gasteiger partial charge in [-0.1, -0.05) is 36.4 Å². The topological polar surface area (TPSA) is 15.3 Å². The normalized spacial score (nSPS) is 18.2. The van der Waals surface area contributed by atoms with Crippen LogP contribution in [0.25, 0.3) is 0 Å². The van der Waals surface area contributed by atoms with Crippen molar-refractivity contribution >= 4 is 28.7 Å². The van der Waals surface area contributed by atoms with Crippen LogP contribution in [0.15, 0.2) is 47.8 Å². The summed E-state index contributed by atoms with van der Waals surface area (Å²) in [6, 6.07) is 15.2. The maximum Gasteiger partial charge on any atom is 0.169 e. The second-order valence-electron chi connectivity index (χ2n) is 5.01. The Bertz CT molecular complexity index is 551. The lowest BCUT2D eigenvalue weighted by atomic mass is 10.2. The summed E-state index contributed by atoms with van der Waals surface area (Å²) in [7, 11) is 0. The molecule has 1 fully saturated rings. The van der Waals surface area contributed by atoms with Gasteiger partial charge in [0.05, 0.1) is 6.04 Å². The van der Waals surface area contributed by atoms with E-state index in [0.29, 0.717) is 6.04 Å². The second-order valence-corrected chi connectivity index (χ2v) is 6.38. The van der Waals surface area contributed by atoms with Crippen LogP contribution in [0.3, 0.4) is 0 Å². The highest BCUT2D eigenvalue weighted by atomic mass is 32.1. The first-order chi connectivity index (χ1) is 9.84. The lowest BCUT2D eigenvalue weighted by Gasteiger charge is -2.27. The minimum Gasteiger partial charge on any atom is -0.358 e. The quantitative estimate of drug-likeness (QED) is 0.864. The predicted octanol–water partition coefficient (Wildman–Crippen LogP) is 3.96. The van der Waals surface area contributed by atoms with Gasteiger partial charge in [0, 0.05) is 18.0 Å². The molecule has 0 aliphatic carbocycles. The highest BCUT2D eigenvalue weighted by Crippen LogP contribution is 2.34. The molecule has 3 rings (SSSR count). The number of likely N-dealkylation sites (tertiary alicyclic amines) is 1. The van der Waals surface area contributed by atoms with Crippen molar-refractivity contribution in [2.24, 2.45) is 0 Å². The molecule has 0 radical (unpaired) electrons. The summed E-state index contributed by atoms with van der Waals surface area (Å²) < 4.78 is 0. The number of rotatable bonds is 3. The van der Waals surface area contributed by atoms with E-state index < -0.39 is 0 Å². The lowest BCUT2D eigenvalue weighted by molar-refractivity contribution is 0.398. The Morgan fingerprint density at radius 3 is 2.85 bits per heavy atom. The van der Waals surface area contributed by atoms with Crippen LogP contribution in [0.4, 0.5) is 0 Å². The van der Waals surface area contributed by atoms with Crippen LogP contribution in [-0.4, -0.2) is 16.6 Å². The first-order valence-electron chi connectivity index (χ1n) is 6.96. The van der Waals surface area contributed by atoms with E-state index in [2.05, 4.69) is 52.0 Å². The highest BCUT2D eigenvalue weighted by Gasteiger charge is 2.28. The molecule has 20 heavy (non-hydrogen) atoms. The molecule has 0 saturated carbocycles. The maximum absolute atomic E-state index is 5.58. The van der Waals surface area contributed by atoms with Crippen molar-refractivity contribution < 1.29 is 0 Å². The fraction of sp³-hybridized carbons (Fsp3) is 0.312. The molecule has 1 aromatic carbocycles. The molecular weight excluding hydrogens is 284 g/mol. The monoisotopic (exact) mass is 302 g/mol. The average molecular weight is 302 g/mol. The average Bonchev–Trinajstić information content (AvgIpc) is 3.15. The number of thiophene rings is 1. The number of thiocarbonyl (C=S) groups is 1. The molecule has 0 amide bonds. The number of benzene rings is 1. The van der Waals surface area contributed by atoms with E-state index in [1.165, 1.54) is 23.3 Å². The Kier molecular flexibility index (Phi) is 4.33. The van der Waals surface area contributed by atoms with Crippen molar-refractivity contribution in [2.75, 3.05) is 6.54 Å². The van der Waals surface area contributed by atoms with Crippen LogP contribution in [0.1, 0.15) is 29.3 Å². The summed E-state index contributed by atoms with van der Waals surface area (Å²) in [6.45, 7) is 1.86. The van der Waals surface area contributed by atoms with Gasteiger partial charge in [-0.25, -0.2) is 0 Å². The van der Waals surface area contributed by atoms with Crippen molar-refractivity contribution in [1.29, 1.82) is 0 Å². The number of nitrogens with one attached hydrogen (secondary N) is 1. The highest BCUT2D eigenvalue weighted by molar-refractivity contribution is 7.80. The first-order valence-corrected chi connectivity index (χ1v) is 8.25. The number of nitrogens with zero attached hydrogens (tertiary/aromatic N) is 1. The molecule has 1 N–H and O–H groups in total. The third kappa shape index (κ3) is 3.02. The standard InChI is InChI=1S/C16H18N2S2/c19-16(17-12-13-6-2-1-3-7-13)18-10-4-8-14(18)15-9-5-11-20-15/h1-3,5-7,9,11,14H,4,8,10,12H2,(H,17,19)/t14-/m0/s1. The van der Waals surface area contributed by atoms with E-state index in [1.807, 2.05) is 17.4 Å². The van der Waals surface area contributed by atoms with Gasteiger partial charge < -0.3 is 10.2 Å². The van der Waals surface area contributed by atoms with Gasteiger partial charge in [0.2, 0.25) is 0 Å². The van der Waals surface area contributed by atoms with Crippen molar-refractivity contribution in [3.8, 4) is 0 Å². The van der Waals surface area contributed by atoms with Crippen LogP contribution in [0, 0.1) is 0 Å². The van der Waals surface area contributed by atoms with Gasteiger partial charge in [-0.15, -0.1) is 11.3 Å². The summed E-state index contributed by atoms with van der Waals surface area (Å²) in [5.41, 5.74) is 1.27. The van der Waals surface area contributed by atoms with Crippen molar-refractivity contribution in [2.45, 2.75) is 25.4 Å². The molecule has 1 aliphatic rings. The minimum atomic E-state index is 0.464. The molecule has 2 nitrogen and oxygen atoms in total. The van der Waals surface area contributed by atoms with Gasteiger partial charge in [-0.3, -0.25) is 0 Å². The molecular formula is C16H18N2S2. The van der Waals surface area contributed by atoms with Crippen LogP contribution >= 0.6 is 23.6 Å². The van der Waals surface area contributed by atoms with Crippen LogP contribution in [-0.2, 0) is 6.54 Å². The molecule has 2 aromatic rings. The SMILES string of the molecule is S=C(NCc1ccccc1)N1CCC[C@H]1c1cccs1. The fourth-order valence-corrected chi connectivity index (χ4v) is 3.83. The van der Waals surface area contributed by atoms with E-state index in [-0.39, 0.29) is 0 Å². The summed E-state index contributed by atoms with van der Waals surface area (Å²) in [5.74, 6) is 0. The van der Waals surface area contributed by atoms with E-state index in [4.69, 9.17) is 12.2 Å². The molecule has 4 heteroatoms. The predicted molar refractivity (Wildman–Crippen MR) is 88.9 cm³/mol. The van der Waals surface area contributed by atoms with Gasteiger partial charge in [-0.2, -0.15) is 0 Å². The Morgan fingerprint density at radius 2 is 2.10 bits per heavy atom. The summed E-state index contributed by atoms with van der Waals surface area (Å²) in [4.78, 5) is 3.76. The van der Waals surface area contributed by atoms with E-state index in [9.17, 15) is 0 Å². The Labute approximate surface area is 129 Å². The molecule has 0 spiro atoms. The second kappa shape index (κ2) is 6.37. The number of hydrogen-bond donors (Lipinski definition) is 1. The van der Waals surface area contributed by atoms with Crippen LogP contribution in [0.5, 0.6) is 0 Å². The van der Waals surface area contributed by atoms with E-state index in [0.717, 1.165) is 18.2 Å². The fourth-order valence-electron chi connectivity index (χ4n) is 2.66. The molecule has 104 valence electrons. The Morgan fingerprint density at radius 1 is 1.25 bits per heavy atom. The summed E-state index contributed by atoms with van der Waals surface area (Å²) in [5, 5.41) is 6.42. The van der Waals surface area contributed by atoms with E-state index in [1.54, 1.807) is 0 Å². The number of hydrogen-bond acceptors (Lipinski definition) is 2. The van der Waals surface area contributed by atoms with Gasteiger partial charge in [0.1, 0.15) is 0 Å². The zero-order valence-corrected chi connectivity index (χ0v) is 12.9. The summed E-state index contributed by atoms with van der Waals surface area (Å²) >= 11 is 7.41. The zero-order chi connectivity index (χ0) is 13.8. The molecule has 1 atom stereocenters. The molecule has 0 unspecified atom stereocenters. The molecule has 1 aliphatic heterocycles. The molecule has 1 saturated heterocycles. The lowest BCUT2D eigenvalue weighted by Crippen LogP contribution is -2.38. The zero-order valence-electron chi connectivity index (χ0n) is 11.3. The van der Waals surface area contributed by atoms with Crippen molar-refractivity contribution in [1.82, 2.24) is 10.2 Å². The Balaban J connectivity index is 1.62. The van der Waals surface area contributed by atoms with Crippen molar-refractivity contribution in [3.63, 3.8) is 0 Å². The maximum atomic E-state index is 5.58.